The third-order valence-corrected chi connectivity index (χ3v) is 4.03. The first kappa shape index (κ1) is 15.4. The van der Waals surface area contributed by atoms with Crippen LogP contribution in [0.1, 0.15) is 18.4 Å². The predicted octanol–water partition coefficient (Wildman–Crippen LogP) is 4.09. The summed E-state index contributed by atoms with van der Waals surface area (Å²) in [5, 5.41) is 4.08. The third kappa shape index (κ3) is 4.28. The third-order valence-electron chi connectivity index (χ3n) is 3.62. The highest BCUT2D eigenvalue weighted by Crippen LogP contribution is 2.26. The minimum Gasteiger partial charge on any atom is -0.382 e. The van der Waals surface area contributed by atoms with E-state index in [-0.39, 0.29) is 6.04 Å². The van der Waals surface area contributed by atoms with Gasteiger partial charge >= 0.3 is 6.18 Å². The van der Waals surface area contributed by atoms with Crippen LogP contribution >= 0.6 is 11.6 Å². The maximum absolute atomic E-state index is 12.3. The van der Waals surface area contributed by atoms with Crippen molar-refractivity contribution < 1.29 is 13.2 Å². The fourth-order valence-corrected chi connectivity index (χ4v) is 2.65. The van der Waals surface area contributed by atoms with Gasteiger partial charge in [0.05, 0.1) is 6.54 Å². The molecule has 1 saturated heterocycles. The molecule has 2 nitrogen and oxygen atoms in total. The number of halogens is 4. The molecule has 1 aliphatic rings. The molecule has 2 rings (SSSR count). The second-order valence-corrected chi connectivity index (χ2v) is 5.63. The average molecular weight is 307 g/mol. The van der Waals surface area contributed by atoms with Gasteiger partial charge in [0.25, 0.3) is 0 Å². The number of rotatable bonds is 3. The van der Waals surface area contributed by atoms with E-state index in [9.17, 15) is 13.2 Å². The second-order valence-electron chi connectivity index (χ2n) is 5.22. The Hall–Kier alpha value is -0.940. The molecule has 1 heterocycles. The molecule has 0 amide bonds. The maximum Gasteiger partial charge on any atom is 0.401 e. The Labute approximate surface area is 121 Å². The van der Waals surface area contributed by atoms with Crippen LogP contribution in [0.4, 0.5) is 18.9 Å². The second kappa shape index (κ2) is 6.22. The number of hydrogen-bond donors (Lipinski definition) is 1. The van der Waals surface area contributed by atoms with Crippen molar-refractivity contribution in [2.45, 2.75) is 32.0 Å². The molecule has 1 fully saturated rings. The molecule has 1 aromatic rings. The molecule has 0 unspecified atom stereocenters. The van der Waals surface area contributed by atoms with Gasteiger partial charge in [-0.3, -0.25) is 4.90 Å². The molecule has 6 heteroatoms. The normalized spacial score (nSPS) is 18.2. The van der Waals surface area contributed by atoms with Crippen molar-refractivity contribution in [2.75, 3.05) is 25.0 Å². The summed E-state index contributed by atoms with van der Waals surface area (Å²) in [7, 11) is 0. The maximum atomic E-state index is 12.3. The van der Waals surface area contributed by atoms with Crippen molar-refractivity contribution in [3.05, 3.63) is 28.8 Å². The smallest absolute Gasteiger partial charge is 0.382 e. The number of anilines is 1. The van der Waals surface area contributed by atoms with Gasteiger partial charge in [0.15, 0.2) is 0 Å². The van der Waals surface area contributed by atoms with E-state index in [1.807, 2.05) is 25.1 Å². The van der Waals surface area contributed by atoms with Crippen LogP contribution in [0.15, 0.2) is 18.2 Å². The monoisotopic (exact) mass is 306 g/mol. The van der Waals surface area contributed by atoms with Gasteiger partial charge in [-0.15, -0.1) is 0 Å². The Balaban J connectivity index is 1.87. The van der Waals surface area contributed by atoms with Crippen LogP contribution in [0.5, 0.6) is 0 Å². The van der Waals surface area contributed by atoms with Gasteiger partial charge in [-0.1, -0.05) is 17.7 Å². The van der Waals surface area contributed by atoms with E-state index in [1.165, 1.54) is 4.90 Å². The van der Waals surface area contributed by atoms with Gasteiger partial charge in [-0.25, -0.2) is 0 Å². The summed E-state index contributed by atoms with van der Waals surface area (Å²) in [6.45, 7) is 2.06. The van der Waals surface area contributed by atoms with E-state index >= 15 is 0 Å². The summed E-state index contributed by atoms with van der Waals surface area (Å²) in [6, 6.07) is 5.85. The first-order valence-electron chi connectivity index (χ1n) is 6.66. The Kier molecular flexibility index (Phi) is 4.81. The number of alkyl halides is 3. The van der Waals surface area contributed by atoms with Crippen LogP contribution in [0, 0.1) is 6.92 Å². The van der Waals surface area contributed by atoms with Crippen molar-refractivity contribution in [1.29, 1.82) is 0 Å². The summed E-state index contributed by atoms with van der Waals surface area (Å²) < 4.78 is 36.9. The first-order valence-corrected chi connectivity index (χ1v) is 7.04. The Morgan fingerprint density at radius 1 is 1.30 bits per heavy atom. The average Bonchev–Trinajstić information content (AvgIpc) is 2.35. The van der Waals surface area contributed by atoms with Gasteiger partial charge in [0, 0.05) is 29.8 Å². The molecule has 0 aromatic heterocycles. The number of nitrogens with one attached hydrogen (secondary N) is 1. The van der Waals surface area contributed by atoms with Crippen LogP contribution < -0.4 is 5.32 Å². The van der Waals surface area contributed by atoms with Crippen molar-refractivity contribution in [1.82, 2.24) is 4.90 Å². The summed E-state index contributed by atoms with van der Waals surface area (Å²) in [4.78, 5) is 1.46. The lowest BCUT2D eigenvalue weighted by atomic mass is 10.0. The van der Waals surface area contributed by atoms with Gasteiger partial charge < -0.3 is 5.32 Å². The highest BCUT2D eigenvalue weighted by atomic mass is 35.5. The molecular weight excluding hydrogens is 289 g/mol. The number of benzene rings is 1. The van der Waals surface area contributed by atoms with Gasteiger partial charge in [0.2, 0.25) is 0 Å². The lowest BCUT2D eigenvalue weighted by Crippen LogP contribution is -2.43. The molecule has 0 bridgehead atoms. The Morgan fingerprint density at radius 2 is 1.95 bits per heavy atom. The number of likely N-dealkylation sites (tertiary alicyclic amines) is 1. The Bertz CT molecular complexity index is 454. The zero-order chi connectivity index (χ0) is 14.8. The van der Waals surface area contributed by atoms with Gasteiger partial charge in [0.1, 0.15) is 0 Å². The predicted molar refractivity (Wildman–Crippen MR) is 75.3 cm³/mol. The summed E-state index contributed by atoms with van der Waals surface area (Å²) in [5.41, 5.74) is 1.94. The Morgan fingerprint density at radius 3 is 2.55 bits per heavy atom. The van der Waals surface area contributed by atoms with Crippen molar-refractivity contribution >= 4 is 17.3 Å². The molecule has 20 heavy (non-hydrogen) atoms. The van der Waals surface area contributed by atoms with E-state index < -0.39 is 12.7 Å². The van der Waals surface area contributed by atoms with Crippen LogP contribution in [0.25, 0.3) is 0 Å². The minimum atomic E-state index is -4.11. The molecule has 1 aromatic carbocycles. The summed E-state index contributed by atoms with van der Waals surface area (Å²) in [6.07, 6.45) is -2.69. The van der Waals surface area contributed by atoms with E-state index in [2.05, 4.69) is 5.32 Å². The van der Waals surface area contributed by atoms with Gasteiger partial charge in [-0.2, -0.15) is 13.2 Å². The molecule has 0 spiro atoms. The molecule has 0 aliphatic carbocycles. The lowest BCUT2D eigenvalue weighted by molar-refractivity contribution is -0.147. The first-order chi connectivity index (χ1) is 9.35. The van der Waals surface area contributed by atoms with Crippen molar-refractivity contribution in [2.24, 2.45) is 0 Å². The standard InChI is InChI=1S/C14H18ClF3N2/c1-10-12(15)3-2-4-13(10)19-11-5-7-20(8-6-11)9-14(16,17)18/h2-4,11,19H,5-9H2,1H3. The fraction of sp³-hybridized carbons (Fsp3) is 0.571. The SMILES string of the molecule is Cc1c(Cl)cccc1NC1CCN(CC(F)(F)F)CC1. The van der Waals surface area contributed by atoms with Crippen LogP contribution in [0.2, 0.25) is 5.02 Å². The molecule has 0 atom stereocenters. The van der Waals surface area contributed by atoms with E-state index in [0.717, 1.165) is 11.3 Å². The molecular formula is C14H18ClF3N2. The van der Waals surface area contributed by atoms with E-state index in [1.54, 1.807) is 0 Å². The largest absolute Gasteiger partial charge is 0.401 e. The molecule has 1 N–H and O–H groups in total. The molecule has 0 radical (unpaired) electrons. The zero-order valence-corrected chi connectivity index (χ0v) is 12.1. The zero-order valence-electron chi connectivity index (χ0n) is 11.3. The van der Waals surface area contributed by atoms with Crippen molar-refractivity contribution in [3.8, 4) is 0 Å². The van der Waals surface area contributed by atoms with Crippen molar-refractivity contribution in [3.63, 3.8) is 0 Å². The van der Waals surface area contributed by atoms with E-state index in [4.69, 9.17) is 11.6 Å². The highest BCUT2D eigenvalue weighted by molar-refractivity contribution is 6.31. The number of hydrogen-bond acceptors (Lipinski definition) is 2. The summed E-state index contributed by atoms with van der Waals surface area (Å²) >= 11 is 6.05. The number of nitrogens with zero attached hydrogens (tertiary/aromatic N) is 1. The van der Waals surface area contributed by atoms with E-state index in [0.29, 0.717) is 31.0 Å². The molecule has 0 saturated carbocycles. The lowest BCUT2D eigenvalue weighted by Gasteiger charge is -2.33. The van der Waals surface area contributed by atoms with Crippen LogP contribution in [0.3, 0.4) is 0 Å². The van der Waals surface area contributed by atoms with Crippen LogP contribution in [-0.4, -0.2) is 36.8 Å². The molecule has 1 aliphatic heterocycles. The van der Waals surface area contributed by atoms with Crippen LogP contribution in [-0.2, 0) is 0 Å². The quantitative estimate of drug-likeness (QED) is 0.905. The minimum absolute atomic E-state index is 0.205. The topological polar surface area (TPSA) is 15.3 Å². The summed E-state index contributed by atoms with van der Waals surface area (Å²) in [5.74, 6) is 0. The molecule has 112 valence electrons. The number of piperidine rings is 1. The highest BCUT2D eigenvalue weighted by Gasteiger charge is 2.32. The fourth-order valence-electron chi connectivity index (χ4n) is 2.47. The van der Waals surface area contributed by atoms with Gasteiger partial charge in [-0.05, 0) is 37.5 Å².